The van der Waals surface area contributed by atoms with E-state index < -0.39 is 0 Å². The van der Waals surface area contributed by atoms with Crippen molar-refractivity contribution in [2.24, 2.45) is 0 Å². The second kappa shape index (κ2) is 10.6. The predicted octanol–water partition coefficient (Wildman–Crippen LogP) is 3.40. The smallest absolute Gasteiger partial charge is 0.290 e. The fourth-order valence-electron chi connectivity index (χ4n) is 4.03. The first-order chi connectivity index (χ1) is 15.5. The van der Waals surface area contributed by atoms with Gasteiger partial charge in [-0.15, -0.1) is 5.10 Å². The Bertz CT molecular complexity index is 1140. The molecule has 0 spiro atoms. The molecule has 2 aromatic carbocycles. The van der Waals surface area contributed by atoms with Crippen molar-refractivity contribution in [3.8, 4) is 6.07 Å². The van der Waals surface area contributed by atoms with E-state index >= 15 is 0 Å². The number of aromatic nitrogens is 2. The van der Waals surface area contributed by atoms with Crippen molar-refractivity contribution in [3.05, 3.63) is 58.8 Å². The van der Waals surface area contributed by atoms with Crippen LogP contribution in [0.4, 0.5) is 11.5 Å². The van der Waals surface area contributed by atoms with Gasteiger partial charge in [0.25, 0.3) is 6.47 Å². The lowest BCUT2D eigenvalue weighted by Crippen LogP contribution is -2.43. The maximum Gasteiger partial charge on any atom is 0.290 e. The molecule has 1 saturated heterocycles. The number of anilines is 2. The van der Waals surface area contributed by atoms with Crippen molar-refractivity contribution in [2.45, 2.75) is 26.8 Å². The third kappa shape index (κ3) is 4.95. The molecule has 0 unspecified atom stereocenters. The molecule has 0 radical (unpaired) electrons. The van der Waals surface area contributed by atoms with Gasteiger partial charge in [0.15, 0.2) is 5.82 Å². The molecular weight excluding hydrogens is 404 g/mol. The van der Waals surface area contributed by atoms with Gasteiger partial charge in [0.05, 0.1) is 23.4 Å². The summed E-state index contributed by atoms with van der Waals surface area (Å²) in [6.45, 7) is 9.84. The maximum atomic E-state index is 9.34. The Balaban J connectivity index is 0.000000913. The van der Waals surface area contributed by atoms with E-state index in [0.717, 1.165) is 59.6 Å². The highest BCUT2D eigenvalue weighted by atomic mass is 16.3. The minimum Gasteiger partial charge on any atom is -0.483 e. The van der Waals surface area contributed by atoms with Gasteiger partial charge in [-0.25, -0.2) is 0 Å². The molecule has 0 aliphatic carbocycles. The van der Waals surface area contributed by atoms with Crippen LogP contribution in [0.25, 0.3) is 10.8 Å². The third-order valence-electron chi connectivity index (χ3n) is 5.75. The molecule has 8 nitrogen and oxygen atoms in total. The summed E-state index contributed by atoms with van der Waals surface area (Å²) in [6, 6.07) is 14.7. The molecule has 32 heavy (non-hydrogen) atoms. The lowest BCUT2D eigenvalue weighted by atomic mass is 9.98. The van der Waals surface area contributed by atoms with Crippen LogP contribution >= 0.6 is 0 Å². The maximum absolute atomic E-state index is 9.34. The van der Waals surface area contributed by atoms with Crippen LogP contribution in [-0.2, 0) is 4.79 Å². The number of fused-ring (bicyclic) bond motifs is 1. The number of benzene rings is 2. The monoisotopic (exact) mass is 432 g/mol. The summed E-state index contributed by atoms with van der Waals surface area (Å²) in [5, 5.41) is 34.2. The fourth-order valence-corrected chi connectivity index (χ4v) is 4.03. The third-order valence-corrected chi connectivity index (χ3v) is 5.75. The minimum atomic E-state index is -0.250. The molecule has 2 heterocycles. The van der Waals surface area contributed by atoms with Crippen LogP contribution in [0.3, 0.4) is 0 Å². The van der Waals surface area contributed by atoms with Crippen molar-refractivity contribution >= 4 is 28.7 Å². The lowest BCUT2D eigenvalue weighted by molar-refractivity contribution is -0.122. The molecule has 0 amide bonds. The van der Waals surface area contributed by atoms with Gasteiger partial charge < -0.3 is 20.6 Å². The van der Waals surface area contributed by atoms with Crippen LogP contribution in [0.1, 0.15) is 35.3 Å². The zero-order chi connectivity index (χ0) is 23.1. The molecule has 3 N–H and O–H groups in total. The molecule has 1 aliphatic heterocycles. The topological polar surface area (TPSA) is 114 Å². The summed E-state index contributed by atoms with van der Waals surface area (Å²) in [6.07, 6.45) is 0. The molecule has 1 aromatic heterocycles. The summed E-state index contributed by atoms with van der Waals surface area (Å²) in [5.74, 6) is 0.775. The normalized spacial score (nSPS) is 14.1. The fraction of sp³-hybridized carbons (Fsp3) is 0.333. The van der Waals surface area contributed by atoms with E-state index in [1.165, 1.54) is 5.69 Å². The van der Waals surface area contributed by atoms with E-state index in [9.17, 15) is 5.26 Å². The van der Waals surface area contributed by atoms with Gasteiger partial charge in [-0.3, -0.25) is 4.79 Å². The SMILES string of the molecule is Cc1c(C#N)cccc1[C@@H](C)Nc1nnc(C)c2ccc(N3CCNCC3)cc12.O=CO. The predicted molar refractivity (Wildman–Crippen MR) is 126 cm³/mol. The average Bonchev–Trinajstić information content (AvgIpc) is 2.82. The number of nitrogens with one attached hydrogen (secondary N) is 2. The number of carbonyl (C=O) groups is 1. The van der Waals surface area contributed by atoms with E-state index in [-0.39, 0.29) is 12.5 Å². The summed E-state index contributed by atoms with van der Waals surface area (Å²) >= 11 is 0. The Morgan fingerprint density at radius 3 is 2.59 bits per heavy atom. The Labute approximate surface area is 187 Å². The summed E-state index contributed by atoms with van der Waals surface area (Å²) in [7, 11) is 0. The van der Waals surface area contributed by atoms with Gasteiger partial charge in [-0.1, -0.05) is 18.2 Å². The van der Waals surface area contributed by atoms with Crippen LogP contribution in [-0.4, -0.2) is 48.0 Å². The first kappa shape index (κ1) is 23.0. The first-order valence-corrected chi connectivity index (χ1v) is 10.6. The van der Waals surface area contributed by atoms with Gasteiger partial charge in [-0.2, -0.15) is 10.4 Å². The molecule has 0 saturated carbocycles. The highest BCUT2D eigenvalue weighted by Crippen LogP contribution is 2.31. The van der Waals surface area contributed by atoms with Gasteiger partial charge in [0.1, 0.15) is 0 Å². The first-order valence-electron chi connectivity index (χ1n) is 10.6. The van der Waals surface area contributed by atoms with Crippen molar-refractivity contribution < 1.29 is 9.90 Å². The standard InChI is InChI=1S/C23H26N6.CH2O2/c1-15-18(14-24)5-4-6-20(15)16(2)26-23-22-13-19(29-11-9-25-10-12-29)7-8-21(22)17(3)27-28-23;2-1-3/h4-8,13,16,25H,9-12H2,1-3H3,(H,26,28);1H,(H,2,3)/t16-;/m1./s1. The van der Waals surface area contributed by atoms with Gasteiger partial charge in [0.2, 0.25) is 0 Å². The average molecular weight is 433 g/mol. The van der Waals surface area contributed by atoms with Crippen molar-refractivity contribution in [1.82, 2.24) is 15.5 Å². The molecule has 3 aromatic rings. The number of carboxylic acid groups (broad SMARTS) is 1. The van der Waals surface area contributed by atoms with Crippen LogP contribution in [0.2, 0.25) is 0 Å². The van der Waals surface area contributed by atoms with Crippen LogP contribution in [0, 0.1) is 25.2 Å². The lowest BCUT2D eigenvalue weighted by Gasteiger charge is -2.30. The van der Waals surface area contributed by atoms with Crippen LogP contribution in [0.15, 0.2) is 36.4 Å². The molecule has 1 aliphatic rings. The number of aryl methyl sites for hydroxylation is 1. The summed E-state index contributed by atoms with van der Waals surface area (Å²) in [5.41, 5.74) is 4.94. The van der Waals surface area contributed by atoms with Crippen molar-refractivity contribution in [2.75, 3.05) is 36.4 Å². The van der Waals surface area contributed by atoms with E-state index in [1.54, 1.807) is 0 Å². The molecule has 8 heteroatoms. The summed E-state index contributed by atoms with van der Waals surface area (Å²) in [4.78, 5) is 10.8. The van der Waals surface area contributed by atoms with Crippen molar-refractivity contribution in [3.63, 3.8) is 0 Å². The molecule has 166 valence electrons. The van der Waals surface area contributed by atoms with E-state index in [1.807, 2.05) is 26.0 Å². The van der Waals surface area contributed by atoms with E-state index in [4.69, 9.17) is 9.90 Å². The number of nitriles is 1. The Kier molecular flexibility index (Phi) is 7.58. The number of nitrogens with zero attached hydrogens (tertiary/aromatic N) is 4. The number of rotatable bonds is 4. The Morgan fingerprint density at radius 2 is 1.91 bits per heavy atom. The van der Waals surface area contributed by atoms with Gasteiger partial charge in [0, 0.05) is 42.6 Å². The largest absolute Gasteiger partial charge is 0.483 e. The second-order valence-electron chi connectivity index (χ2n) is 7.70. The van der Waals surface area contributed by atoms with Crippen molar-refractivity contribution in [1.29, 1.82) is 5.26 Å². The minimum absolute atomic E-state index is 0.00588. The molecule has 0 bridgehead atoms. The van der Waals surface area contributed by atoms with E-state index in [0.29, 0.717) is 5.56 Å². The highest BCUT2D eigenvalue weighted by molar-refractivity contribution is 5.95. The Hall–Kier alpha value is -3.70. The number of piperazine rings is 1. The van der Waals surface area contributed by atoms with Gasteiger partial charge >= 0.3 is 0 Å². The molecule has 4 rings (SSSR count). The summed E-state index contributed by atoms with van der Waals surface area (Å²) < 4.78 is 0. The van der Waals surface area contributed by atoms with Crippen LogP contribution < -0.4 is 15.5 Å². The molecule has 1 atom stereocenters. The quantitative estimate of drug-likeness (QED) is 0.538. The van der Waals surface area contributed by atoms with E-state index in [2.05, 4.69) is 63.0 Å². The Morgan fingerprint density at radius 1 is 1.19 bits per heavy atom. The number of hydrogen-bond acceptors (Lipinski definition) is 7. The zero-order valence-corrected chi connectivity index (χ0v) is 18.6. The zero-order valence-electron chi connectivity index (χ0n) is 18.6. The second-order valence-corrected chi connectivity index (χ2v) is 7.70. The highest BCUT2D eigenvalue weighted by Gasteiger charge is 2.16. The molecular formula is C24H28N6O2. The number of hydrogen-bond donors (Lipinski definition) is 3. The van der Waals surface area contributed by atoms with Gasteiger partial charge in [-0.05, 0) is 50.1 Å². The van der Waals surface area contributed by atoms with Crippen LogP contribution in [0.5, 0.6) is 0 Å². The molecule has 1 fully saturated rings.